The topological polar surface area (TPSA) is 68.2 Å². The minimum atomic E-state index is -0.120. The molecule has 0 saturated heterocycles. The molecular formula is C11H14O5. The summed E-state index contributed by atoms with van der Waals surface area (Å²) in [6.07, 6.45) is 0.555. The Hall–Kier alpha value is -1.46. The molecule has 88 valence electrons. The number of hydrogen-bond donors (Lipinski definition) is 2. The van der Waals surface area contributed by atoms with Crippen LogP contribution in [0.15, 0.2) is 12.1 Å². The maximum absolute atomic E-state index is 9.18. The van der Waals surface area contributed by atoms with Crippen LogP contribution < -0.4 is 14.2 Å². The first-order valence-corrected chi connectivity index (χ1v) is 5.12. The second-order valence-electron chi connectivity index (χ2n) is 3.40. The van der Waals surface area contributed by atoms with Gasteiger partial charge in [-0.1, -0.05) is 0 Å². The van der Waals surface area contributed by atoms with Crippen LogP contribution in [0, 0.1) is 0 Å². The smallest absolute Gasteiger partial charge is 0.231 e. The third kappa shape index (κ3) is 2.20. The zero-order valence-corrected chi connectivity index (χ0v) is 8.81. The van der Waals surface area contributed by atoms with E-state index in [1.165, 1.54) is 0 Å². The van der Waals surface area contributed by atoms with Crippen molar-refractivity contribution in [3.8, 4) is 17.2 Å². The molecule has 0 saturated carbocycles. The van der Waals surface area contributed by atoms with E-state index in [1.807, 2.05) is 0 Å². The van der Waals surface area contributed by atoms with Crippen LogP contribution in [0.2, 0.25) is 0 Å². The molecule has 1 aliphatic rings. The van der Waals surface area contributed by atoms with E-state index in [9.17, 15) is 5.11 Å². The Morgan fingerprint density at radius 2 is 1.94 bits per heavy atom. The average Bonchev–Trinajstić information content (AvgIpc) is 2.75. The quantitative estimate of drug-likeness (QED) is 0.722. The highest BCUT2D eigenvalue weighted by molar-refractivity contribution is 5.51. The lowest BCUT2D eigenvalue weighted by atomic mass is 10.2. The second kappa shape index (κ2) is 5.05. The van der Waals surface area contributed by atoms with Crippen molar-refractivity contribution in [1.29, 1.82) is 0 Å². The molecule has 0 spiro atoms. The molecule has 0 amide bonds. The Kier molecular flexibility index (Phi) is 3.48. The molecule has 0 aliphatic carbocycles. The van der Waals surface area contributed by atoms with Gasteiger partial charge in [0.15, 0.2) is 11.5 Å². The van der Waals surface area contributed by atoms with Gasteiger partial charge in [-0.3, -0.25) is 0 Å². The molecule has 1 heterocycles. The van der Waals surface area contributed by atoms with E-state index in [2.05, 4.69) is 0 Å². The normalized spacial score (nSPS) is 12.9. The Morgan fingerprint density at radius 1 is 1.19 bits per heavy atom. The fraction of sp³-hybridized carbons (Fsp3) is 0.455. The number of rotatable bonds is 5. The number of fused-ring (bicyclic) bond motifs is 1. The minimum absolute atomic E-state index is 0.0824. The van der Waals surface area contributed by atoms with Crippen molar-refractivity contribution in [2.45, 2.75) is 13.0 Å². The van der Waals surface area contributed by atoms with Gasteiger partial charge in [-0.15, -0.1) is 0 Å². The monoisotopic (exact) mass is 226 g/mol. The van der Waals surface area contributed by atoms with Crippen LogP contribution in [-0.4, -0.2) is 30.2 Å². The van der Waals surface area contributed by atoms with E-state index < -0.39 is 0 Å². The molecule has 0 radical (unpaired) electrons. The fourth-order valence-electron chi connectivity index (χ4n) is 1.47. The van der Waals surface area contributed by atoms with Crippen LogP contribution >= 0.6 is 0 Å². The van der Waals surface area contributed by atoms with E-state index in [0.29, 0.717) is 35.8 Å². The molecule has 5 nitrogen and oxygen atoms in total. The molecule has 0 fully saturated rings. The van der Waals surface area contributed by atoms with Gasteiger partial charge in [0, 0.05) is 24.7 Å². The zero-order chi connectivity index (χ0) is 11.4. The van der Waals surface area contributed by atoms with Gasteiger partial charge >= 0.3 is 0 Å². The van der Waals surface area contributed by atoms with E-state index in [0.717, 1.165) is 0 Å². The lowest BCUT2D eigenvalue weighted by Gasteiger charge is -2.10. The summed E-state index contributed by atoms with van der Waals surface area (Å²) >= 11 is 0. The van der Waals surface area contributed by atoms with E-state index in [-0.39, 0.29) is 20.0 Å². The van der Waals surface area contributed by atoms with Crippen molar-refractivity contribution < 1.29 is 24.4 Å². The molecule has 1 aromatic carbocycles. The third-order valence-electron chi connectivity index (χ3n) is 2.29. The molecule has 0 atom stereocenters. The highest BCUT2D eigenvalue weighted by Gasteiger charge is 2.17. The van der Waals surface area contributed by atoms with Crippen LogP contribution in [0.25, 0.3) is 0 Å². The molecule has 16 heavy (non-hydrogen) atoms. The molecule has 5 heteroatoms. The Bertz CT molecular complexity index is 364. The first kappa shape index (κ1) is 11.0. The van der Waals surface area contributed by atoms with Crippen molar-refractivity contribution in [2.75, 3.05) is 20.0 Å². The van der Waals surface area contributed by atoms with Crippen molar-refractivity contribution in [1.82, 2.24) is 0 Å². The highest BCUT2D eigenvalue weighted by Crippen LogP contribution is 2.38. The van der Waals surface area contributed by atoms with E-state index >= 15 is 0 Å². The molecule has 0 aromatic heterocycles. The van der Waals surface area contributed by atoms with Crippen LogP contribution in [0.3, 0.4) is 0 Å². The van der Waals surface area contributed by atoms with Crippen LogP contribution in [0.5, 0.6) is 17.2 Å². The number of aliphatic hydroxyl groups excluding tert-OH is 2. The first-order valence-electron chi connectivity index (χ1n) is 5.12. The summed E-state index contributed by atoms with van der Waals surface area (Å²) in [6.45, 7) is 0.563. The van der Waals surface area contributed by atoms with Crippen LogP contribution in [0.1, 0.15) is 12.0 Å². The standard InChI is InChI=1S/C11H14O5/c12-2-1-3-14-9-5-11-10(15-7-16-11)4-8(9)6-13/h4-5,12-13H,1-3,6-7H2. The van der Waals surface area contributed by atoms with Crippen molar-refractivity contribution >= 4 is 0 Å². The maximum Gasteiger partial charge on any atom is 0.231 e. The summed E-state index contributed by atoms with van der Waals surface area (Å²) in [6, 6.07) is 3.40. The van der Waals surface area contributed by atoms with Crippen molar-refractivity contribution in [3.05, 3.63) is 17.7 Å². The maximum atomic E-state index is 9.18. The summed E-state index contributed by atoms with van der Waals surface area (Å²) < 4.78 is 15.8. The summed E-state index contributed by atoms with van der Waals surface area (Å²) in [7, 11) is 0. The average molecular weight is 226 g/mol. The van der Waals surface area contributed by atoms with Crippen molar-refractivity contribution in [3.63, 3.8) is 0 Å². The molecule has 2 rings (SSSR count). The van der Waals surface area contributed by atoms with Crippen LogP contribution in [0.4, 0.5) is 0 Å². The van der Waals surface area contributed by atoms with Crippen molar-refractivity contribution in [2.24, 2.45) is 0 Å². The molecule has 2 N–H and O–H groups in total. The zero-order valence-electron chi connectivity index (χ0n) is 8.81. The van der Waals surface area contributed by atoms with Gasteiger partial charge in [-0.05, 0) is 6.07 Å². The first-order chi connectivity index (χ1) is 7.85. The van der Waals surface area contributed by atoms with E-state index in [4.69, 9.17) is 19.3 Å². The summed E-state index contributed by atoms with van der Waals surface area (Å²) in [5.41, 5.74) is 0.655. The lowest BCUT2D eigenvalue weighted by Crippen LogP contribution is -2.02. The van der Waals surface area contributed by atoms with Gasteiger partial charge in [-0.25, -0.2) is 0 Å². The molecule has 1 aliphatic heterocycles. The predicted octanol–water partition coefficient (Wildman–Crippen LogP) is 0.669. The van der Waals surface area contributed by atoms with Gasteiger partial charge in [0.05, 0.1) is 13.2 Å². The Morgan fingerprint density at radius 3 is 2.62 bits per heavy atom. The SMILES string of the molecule is OCCCOc1cc2c(cc1CO)OCO2. The molecule has 1 aromatic rings. The van der Waals surface area contributed by atoms with Gasteiger partial charge in [-0.2, -0.15) is 0 Å². The van der Waals surface area contributed by atoms with Gasteiger partial charge in [0.25, 0.3) is 0 Å². The predicted molar refractivity (Wildman–Crippen MR) is 55.7 cm³/mol. The number of aliphatic hydroxyl groups is 2. The molecular weight excluding hydrogens is 212 g/mol. The number of ether oxygens (including phenoxy) is 3. The number of hydrogen-bond acceptors (Lipinski definition) is 5. The highest BCUT2D eigenvalue weighted by atomic mass is 16.7. The molecule has 0 unspecified atom stereocenters. The minimum Gasteiger partial charge on any atom is -0.493 e. The summed E-state index contributed by atoms with van der Waals surface area (Å²) in [4.78, 5) is 0. The summed E-state index contributed by atoms with van der Waals surface area (Å²) in [5, 5.41) is 17.8. The van der Waals surface area contributed by atoms with Gasteiger partial charge < -0.3 is 24.4 Å². The largest absolute Gasteiger partial charge is 0.493 e. The van der Waals surface area contributed by atoms with Gasteiger partial charge in [0.1, 0.15) is 5.75 Å². The summed E-state index contributed by atoms with van der Waals surface area (Å²) in [5.74, 6) is 1.81. The van der Waals surface area contributed by atoms with E-state index in [1.54, 1.807) is 12.1 Å². The molecule has 0 bridgehead atoms. The number of benzene rings is 1. The fourth-order valence-corrected chi connectivity index (χ4v) is 1.47. The Balaban J connectivity index is 2.15. The Labute approximate surface area is 93.2 Å². The van der Waals surface area contributed by atoms with Crippen LogP contribution in [-0.2, 0) is 6.61 Å². The lowest BCUT2D eigenvalue weighted by molar-refractivity contribution is 0.173. The van der Waals surface area contributed by atoms with Gasteiger partial charge in [0.2, 0.25) is 6.79 Å². The second-order valence-corrected chi connectivity index (χ2v) is 3.40. The third-order valence-corrected chi connectivity index (χ3v) is 2.29.